The number of rotatable bonds is 7. The predicted octanol–water partition coefficient (Wildman–Crippen LogP) is 4.85. The van der Waals surface area contributed by atoms with E-state index in [4.69, 9.17) is 4.52 Å². The van der Waals surface area contributed by atoms with Crippen LogP contribution in [0, 0.1) is 19.7 Å². The SMILES string of the molecule is Cc1csc(CCCCNC(=O)c2cc(-c3ccc(F)cc3)nc3onc(C)c23)n1. The van der Waals surface area contributed by atoms with Crippen LogP contribution < -0.4 is 5.32 Å². The maximum absolute atomic E-state index is 13.3. The normalized spacial score (nSPS) is 11.2. The Morgan fingerprint density at radius 2 is 1.97 bits per heavy atom. The van der Waals surface area contributed by atoms with Gasteiger partial charge in [-0.2, -0.15) is 0 Å². The summed E-state index contributed by atoms with van der Waals surface area (Å²) in [5.41, 5.74) is 3.62. The maximum Gasteiger partial charge on any atom is 0.259 e. The average molecular weight is 425 g/mol. The molecule has 1 aromatic carbocycles. The number of nitrogens with one attached hydrogen (secondary N) is 1. The van der Waals surface area contributed by atoms with Gasteiger partial charge in [0.15, 0.2) is 0 Å². The smallest absolute Gasteiger partial charge is 0.259 e. The lowest BCUT2D eigenvalue weighted by Gasteiger charge is -2.08. The van der Waals surface area contributed by atoms with Crippen molar-refractivity contribution in [3.8, 4) is 11.3 Å². The van der Waals surface area contributed by atoms with Crippen molar-refractivity contribution in [3.05, 3.63) is 63.5 Å². The second kappa shape index (κ2) is 8.71. The molecular formula is C22H21FN4O2S. The molecule has 0 fully saturated rings. The summed E-state index contributed by atoms with van der Waals surface area (Å²) in [6.45, 7) is 4.32. The molecule has 0 radical (unpaired) electrons. The summed E-state index contributed by atoms with van der Waals surface area (Å²) in [6.07, 6.45) is 2.71. The Bertz CT molecular complexity index is 1180. The molecule has 0 aliphatic carbocycles. The van der Waals surface area contributed by atoms with Crippen molar-refractivity contribution in [1.29, 1.82) is 0 Å². The highest BCUT2D eigenvalue weighted by atomic mass is 32.1. The highest BCUT2D eigenvalue weighted by Crippen LogP contribution is 2.27. The number of pyridine rings is 1. The first-order valence-electron chi connectivity index (χ1n) is 9.73. The average Bonchev–Trinajstić information content (AvgIpc) is 3.33. The van der Waals surface area contributed by atoms with E-state index < -0.39 is 0 Å². The van der Waals surface area contributed by atoms with Crippen LogP contribution in [-0.2, 0) is 6.42 Å². The second-order valence-corrected chi connectivity index (χ2v) is 8.05. The van der Waals surface area contributed by atoms with Gasteiger partial charge in [0.05, 0.1) is 27.3 Å². The van der Waals surface area contributed by atoms with Crippen molar-refractivity contribution < 1.29 is 13.7 Å². The summed E-state index contributed by atoms with van der Waals surface area (Å²) < 4.78 is 18.6. The van der Waals surface area contributed by atoms with Crippen LogP contribution in [0.3, 0.4) is 0 Å². The Balaban J connectivity index is 1.48. The zero-order chi connectivity index (χ0) is 21.1. The Labute approximate surface area is 177 Å². The lowest BCUT2D eigenvalue weighted by molar-refractivity contribution is 0.0954. The van der Waals surface area contributed by atoms with Gasteiger partial charge in [0.1, 0.15) is 5.82 Å². The van der Waals surface area contributed by atoms with Gasteiger partial charge in [0, 0.05) is 23.2 Å². The zero-order valence-corrected chi connectivity index (χ0v) is 17.6. The summed E-state index contributed by atoms with van der Waals surface area (Å²) in [6, 6.07) is 7.66. The molecule has 0 aliphatic rings. The minimum absolute atomic E-state index is 0.206. The van der Waals surface area contributed by atoms with Gasteiger partial charge in [0.25, 0.3) is 11.6 Å². The van der Waals surface area contributed by atoms with Crippen molar-refractivity contribution >= 4 is 28.3 Å². The van der Waals surface area contributed by atoms with E-state index in [1.165, 1.54) is 12.1 Å². The van der Waals surface area contributed by atoms with E-state index in [0.717, 1.165) is 30.0 Å². The number of nitrogens with zero attached hydrogens (tertiary/aromatic N) is 3. The van der Waals surface area contributed by atoms with Crippen molar-refractivity contribution in [2.75, 3.05) is 6.54 Å². The Hall–Kier alpha value is -3.13. The molecule has 0 aliphatic heterocycles. The number of fused-ring (bicyclic) bond motifs is 1. The monoisotopic (exact) mass is 424 g/mol. The standard InChI is InChI=1S/C22H21FN4O2S/c1-13-12-30-19(25-13)5-3-4-10-24-21(28)17-11-18(15-6-8-16(23)9-7-15)26-22-20(17)14(2)27-29-22/h6-9,11-12H,3-5,10H2,1-2H3,(H,24,28). The minimum Gasteiger partial charge on any atom is -0.352 e. The van der Waals surface area contributed by atoms with E-state index in [1.807, 2.05) is 12.3 Å². The van der Waals surface area contributed by atoms with Crippen LogP contribution in [0.4, 0.5) is 4.39 Å². The topological polar surface area (TPSA) is 80.9 Å². The van der Waals surface area contributed by atoms with E-state index in [1.54, 1.807) is 36.5 Å². The number of hydrogen-bond donors (Lipinski definition) is 1. The van der Waals surface area contributed by atoms with Crippen LogP contribution in [-0.4, -0.2) is 27.6 Å². The molecule has 3 heterocycles. The molecule has 0 saturated carbocycles. The van der Waals surface area contributed by atoms with Crippen LogP contribution in [0.25, 0.3) is 22.4 Å². The maximum atomic E-state index is 13.3. The van der Waals surface area contributed by atoms with Crippen molar-refractivity contribution in [2.45, 2.75) is 33.1 Å². The Morgan fingerprint density at radius 3 is 2.70 bits per heavy atom. The molecule has 4 rings (SSSR count). The van der Waals surface area contributed by atoms with Gasteiger partial charge in [-0.25, -0.2) is 14.4 Å². The number of halogens is 1. The third kappa shape index (κ3) is 4.38. The van der Waals surface area contributed by atoms with Gasteiger partial charge in [-0.15, -0.1) is 11.3 Å². The number of carbonyl (C=O) groups excluding carboxylic acids is 1. The third-order valence-electron chi connectivity index (χ3n) is 4.77. The van der Waals surface area contributed by atoms with Gasteiger partial charge >= 0.3 is 0 Å². The summed E-state index contributed by atoms with van der Waals surface area (Å²) in [7, 11) is 0. The van der Waals surface area contributed by atoms with Crippen LogP contribution in [0.5, 0.6) is 0 Å². The van der Waals surface area contributed by atoms with Crippen LogP contribution in [0.2, 0.25) is 0 Å². The molecule has 30 heavy (non-hydrogen) atoms. The zero-order valence-electron chi connectivity index (χ0n) is 16.7. The molecule has 4 aromatic rings. The fraction of sp³-hybridized carbons (Fsp3) is 0.273. The van der Waals surface area contributed by atoms with E-state index >= 15 is 0 Å². The van der Waals surface area contributed by atoms with Gasteiger partial charge in [-0.3, -0.25) is 4.79 Å². The van der Waals surface area contributed by atoms with E-state index in [-0.39, 0.29) is 11.7 Å². The largest absolute Gasteiger partial charge is 0.352 e. The molecule has 0 saturated heterocycles. The number of amides is 1. The highest BCUT2D eigenvalue weighted by molar-refractivity contribution is 7.09. The fourth-order valence-corrected chi connectivity index (χ4v) is 4.08. The third-order valence-corrected chi connectivity index (χ3v) is 5.80. The Morgan fingerprint density at radius 1 is 1.17 bits per heavy atom. The molecule has 0 bridgehead atoms. The molecule has 8 heteroatoms. The highest BCUT2D eigenvalue weighted by Gasteiger charge is 2.19. The molecule has 3 aromatic heterocycles. The summed E-state index contributed by atoms with van der Waals surface area (Å²) >= 11 is 1.67. The summed E-state index contributed by atoms with van der Waals surface area (Å²) in [5, 5.41) is 10.7. The number of unbranched alkanes of at least 4 members (excludes halogenated alkanes) is 1. The van der Waals surface area contributed by atoms with Crippen molar-refractivity contribution in [3.63, 3.8) is 0 Å². The molecule has 154 valence electrons. The predicted molar refractivity (Wildman–Crippen MR) is 114 cm³/mol. The first-order valence-corrected chi connectivity index (χ1v) is 10.6. The minimum atomic E-state index is -0.332. The fourth-order valence-electron chi connectivity index (χ4n) is 3.26. The number of thiazole rings is 1. The van der Waals surface area contributed by atoms with Gasteiger partial charge in [-0.05, 0) is 63.4 Å². The van der Waals surface area contributed by atoms with Gasteiger partial charge < -0.3 is 9.84 Å². The quantitative estimate of drug-likeness (QED) is 0.429. The molecule has 0 unspecified atom stereocenters. The summed E-state index contributed by atoms with van der Waals surface area (Å²) in [5.74, 6) is -0.539. The van der Waals surface area contributed by atoms with Gasteiger partial charge in [0.2, 0.25) is 0 Å². The van der Waals surface area contributed by atoms with E-state index in [2.05, 4.69) is 20.4 Å². The lowest BCUT2D eigenvalue weighted by Crippen LogP contribution is -2.25. The molecule has 0 spiro atoms. The van der Waals surface area contributed by atoms with Crippen LogP contribution in [0.1, 0.15) is 39.6 Å². The molecule has 0 atom stereocenters. The number of carbonyl (C=O) groups is 1. The number of benzene rings is 1. The first kappa shape index (κ1) is 20.2. The van der Waals surface area contributed by atoms with Crippen molar-refractivity contribution in [1.82, 2.24) is 20.4 Å². The molecular weight excluding hydrogens is 403 g/mol. The number of hydrogen-bond acceptors (Lipinski definition) is 6. The number of aryl methyl sites for hydroxylation is 3. The van der Waals surface area contributed by atoms with Gasteiger partial charge in [-0.1, -0.05) is 5.16 Å². The summed E-state index contributed by atoms with van der Waals surface area (Å²) in [4.78, 5) is 21.8. The van der Waals surface area contributed by atoms with E-state index in [9.17, 15) is 9.18 Å². The second-order valence-electron chi connectivity index (χ2n) is 7.11. The van der Waals surface area contributed by atoms with Crippen molar-refractivity contribution in [2.24, 2.45) is 0 Å². The molecule has 6 nitrogen and oxygen atoms in total. The molecule has 1 N–H and O–H groups in total. The van der Waals surface area contributed by atoms with Crippen LogP contribution in [0.15, 0.2) is 40.2 Å². The number of aromatic nitrogens is 3. The van der Waals surface area contributed by atoms with E-state index in [0.29, 0.717) is 40.2 Å². The lowest BCUT2D eigenvalue weighted by atomic mass is 10.0. The Kier molecular flexibility index (Phi) is 5.85. The molecule has 1 amide bonds. The van der Waals surface area contributed by atoms with Crippen LogP contribution >= 0.6 is 11.3 Å². The first-order chi connectivity index (χ1) is 14.5.